The first-order valence-corrected chi connectivity index (χ1v) is 6.91. The van der Waals surface area contributed by atoms with Crippen molar-refractivity contribution >= 4 is 0 Å². The molecule has 18 heavy (non-hydrogen) atoms. The molecule has 1 aliphatic carbocycles. The third-order valence-electron chi connectivity index (χ3n) is 3.63. The number of hydrogen-bond acceptors (Lipinski definition) is 3. The first-order chi connectivity index (χ1) is 8.69. The van der Waals surface area contributed by atoms with Crippen LogP contribution in [0, 0.1) is 5.92 Å². The Bertz CT molecular complexity index is 375. The van der Waals surface area contributed by atoms with Gasteiger partial charge in [0.05, 0.1) is 6.10 Å². The Morgan fingerprint density at radius 3 is 2.72 bits per heavy atom. The van der Waals surface area contributed by atoms with Gasteiger partial charge >= 0.3 is 0 Å². The van der Waals surface area contributed by atoms with Crippen molar-refractivity contribution in [3.63, 3.8) is 0 Å². The summed E-state index contributed by atoms with van der Waals surface area (Å²) in [5, 5.41) is 0. The van der Waals surface area contributed by atoms with E-state index in [9.17, 15) is 0 Å². The van der Waals surface area contributed by atoms with Gasteiger partial charge in [0.25, 0.3) is 0 Å². The zero-order valence-electron chi connectivity index (χ0n) is 11.4. The van der Waals surface area contributed by atoms with E-state index in [1.54, 1.807) is 0 Å². The molecule has 100 valence electrons. The van der Waals surface area contributed by atoms with E-state index in [0.717, 1.165) is 18.1 Å². The molecular weight excluding hydrogens is 224 g/mol. The van der Waals surface area contributed by atoms with Crippen molar-refractivity contribution in [1.82, 2.24) is 5.43 Å². The Balaban J connectivity index is 2.04. The number of hydrogen-bond donors (Lipinski definition) is 2. The van der Waals surface area contributed by atoms with E-state index < -0.39 is 0 Å². The Kier molecular flexibility index (Phi) is 4.61. The van der Waals surface area contributed by atoms with Crippen LogP contribution in [0.5, 0.6) is 5.75 Å². The average molecular weight is 248 g/mol. The number of benzene rings is 1. The van der Waals surface area contributed by atoms with Crippen LogP contribution in [0.25, 0.3) is 0 Å². The van der Waals surface area contributed by atoms with Crippen LogP contribution in [0.15, 0.2) is 24.3 Å². The van der Waals surface area contributed by atoms with E-state index >= 15 is 0 Å². The summed E-state index contributed by atoms with van der Waals surface area (Å²) in [6.07, 6.45) is 5.40. The van der Waals surface area contributed by atoms with Gasteiger partial charge < -0.3 is 4.74 Å². The van der Waals surface area contributed by atoms with Crippen LogP contribution in [-0.4, -0.2) is 6.10 Å². The fourth-order valence-electron chi connectivity index (χ4n) is 2.44. The predicted molar refractivity (Wildman–Crippen MR) is 74.2 cm³/mol. The maximum absolute atomic E-state index is 5.73. The van der Waals surface area contributed by atoms with Crippen molar-refractivity contribution in [3.8, 4) is 5.75 Å². The van der Waals surface area contributed by atoms with Crippen molar-refractivity contribution in [1.29, 1.82) is 0 Å². The van der Waals surface area contributed by atoms with Gasteiger partial charge in [-0.2, -0.15) is 0 Å². The topological polar surface area (TPSA) is 47.3 Å². The molecule has 0 aromatic heterocycles. The number of nitrogens with one attached hydrogen (secondary N) is 1. The standard InChI is InChI=1S/C15H24N2O/c1-11(2)18-14-8-4-7-13(10-14)15(17-16)9-12-5-3-6-12/h4,7-8,10-12,15,17H,3,5-6,9,16H2,1-2H3. The van der Waals surface area contributed by atoms with Crippen LogP contribution in [0.3, 0.4) is 0 Å². The molecule has 1 unspecified atom stereocenters. The molecule has 3 N–H and O–H groups in total. The molecule has 3 nitrogen and oxygen atoms in total. The summed E-state index contributed by atoms with van der Waals surface area (Å²) in [6.45, 7) is 4.08. The maximum Gasteiger partial charge on any atom is 0.120 e. The maximum atomic E-state index is 5.73. The van der Waals surface area contributed by atoms with Gasteiger partial charge in [-0.25, -0.2) is 0 Å². The predicted octanol–water partition coefficient (Wildman–Crippen LogP) is 3.17. The van der Waals surface area contributed by atoms with Gasteiger partial charge in [0, 0.05) is 6.04 Å². The smallest absolute Gasteiger partial charge is 0.120 e. The average Bonchev–Trinajstić information content (AvgIpc) is 2.27. The Hall–Kier alpha value is -1.06. The number of hydrazine groups is 1. The molecule has 3 heteroatoms. The summed E-state index contributed by atoms with van der Waals surface area (Å²) in [5.74, 6) is 7.45. The minimum absolute atomic E-state index is 0.205. The second kappa shape index (κ2) is 6.21. The van der Waals surface area contributed by atoms with Crippen LogP contribution in [-0.2, 0) is 0 Å². The van der Waals surface area contributed by atoms with Crippen molar-refractivity contribution in [2.75, 3.05) is 0 Å². The molecule has 0 radical (unpaired) electrons. The van der Waals surface area contributed by atoms with Crippen LogP contribution in [0.1, 0.15) is 51.1 Å². The molecular formula is C15H24N2O. The van der Waals surface area contributed by atoms with Crippen molar-refractivity contribution in [3.05, 3.63) is 29.8 Å². The van der Waals surface area contributed by atoms with E-state index in [1.807, 2.05) is 26.0 Å². The summed E-state index contributed by atoms with van der Waals surface area (Å²) in [4.78, 5) is 0. The number of rotatable bonds is 6. The second-order valence-electron chi connectivity index (χ2n) is 5.49. The highest BCUT2D eigenvalue weighted by Crippen LogP contribution is 2.35. The molecule has 2 rings (SSSR count). The first kappa shape index (κ1) is 13.4. The molecule has 0 amide bonds. The zero-order chi connectivity index (χ0) is 13.0. The minimum Gasteiger partial charge on any atom is -0.491 e. The molecule has 1 saturated carbocycles. The Morgan fingerprint density at radius 1 is 1.39 bits per heavy atom. The van der Waals surface area contributed by atoms with Crippen LogP contribution >= 0.6 is 0 Å². The third kappa shape index (κ3) is 3.47. The van der Waals surface area contributed by atoms with Gasteiger partial charge in [0.1, 0.15) is 5.75 Å². The van der Waals surface area contributed by atoms with E-state index in [-0.39, 0.29) is 12.1 Å². The van der Waals surface area contributed by atoms with Gasteiger partial charge in [-0.15, -0.1) is 0 Å². The molecule has 1 aromatic carbocycles. The summed E-state index contributed by atoms with van der Waals surface area (Å²) >= 11 is 0. The van der Waals surface area contributed by atoms with E-state index in [2.05, 4.69) is 17.6 Å². The summed E-state index contributed by atoms with van der Waals surface area (Å²) in [7, 11) is 0. The lowest BCUT2D eigenvalue weighted by molar-refractivity contribution is 0.240. The lowest BCUT2D eigenvalue weighted by Gasteiger charge is -2.29. The molecule has 1 atom stereocenters. The monoisotopic (exact) mass is 248 g/mol. The largest absolute Gasteiger partial charge is 0.491 e. The normalized spacial score (nSPS) is 17.6. The lowest BCUT2D eigenvalue weighted by atomic mass is 9.80. The molecule has 0 aliphatic heterocycles. The van der Waals surface area contributed by atoms with Gasteiger partial charge in [0.15, 0.2) is 0 Å². The lowest BCUT2D eigenvalue weighted by Crippen LogP contribution is -2.31. The highest BCUT2D eigenvalue weighted by Gasteiger charge is 2.22. The zero-order valence-corrected chi connectivity index (χ0v) is 11.4. The SMILES string of the molecule is CC(C)Oc1cccc(C(CC2CCC2)NN)c1. The summed E-state index contributed by atoms with van der Waals surface area (Å²) < 4.78 is 5.73. The molecule has 0 saturated heterocycles. The highest BCUT2D eigenvalue weighted by atomic mass is 16.5. The van der Waals surface area contributed by atoms with Gasteiger partial charge in [-0.05, 0) is 43.9 Å². The number of nitrogens with two attached hydrogens (primary N) is 1. The fraction of sp³-hybridized carbons (Fsp3) is 0.600. The van der Waals surface area contributed by atoms with Crippen LogP contribution in [0.2, 0.25) is 0 Å². The van der Waals surface area contributed by atoms with Gasteiger partial charge in [0.2, 0.25) is 0 Å². The Labute approximate surface area is 110 Å². The molecule has 0 bridgehead atoms. The molecule has 0 spiro atoms. The summed E-state index contributed by atoms with van der Waals surface area (Å²) in [6, 6.07) is 8.50. The molecule has 1 aromatic rings. The van der Waals surface area contributed by atoms with Gasteiger partial charge in [-0.1, -0.05) is 31.4 Å². The fourth-order valence-corrected chi connectivity index (χ4v) is 2.44. The van der Waals surface area contributed by atoms with Gasteiger partial charge in [-0.3, -0.25) is 11.3 Å². The number of ether oxygens (including phenoxy) is 1. The third-order valence-corrected chi connectivity index (χ3v) is 3.63. The first-order valence-electron chi connectivity index (χ1n) is 6.91. The molecule has 1 fully saturated rings. The van der Waals surface area contributed by atoms with Crippen molar-refractivity contribution in [2.24, 2.45) is 11.8 Å². The van der Waals surface area contributed by atoms with Crippen LogP contribution in [0.4, 0.5) is 0 Å². The van der Waals surface area contributed by atoms with Crippen molar-refractivity contribution in [2.45, 2.75) is 51.7 Å². The summed E-state index contributed by atoms with van der Waals surface area (Å²) in [5.41, 5.74) is 4.17. The van der Waals surface area contributed by atoms with Crippen molar-refractivity contribution < 1.29 is 4.74 Å². The quantitative estimate of drug-likeness (QED) is 0.600. The second-order valence-corrected chi connectivity index (χ2v) is 5.49. The molecule has 1 aliphatic rings. The van der Waals surface area contributed by atoms with E-state index in [1.165, 1.54) is 24.8 Å². The van der Waals surface area contributed by atoms with E-state index in [4.69, 9.17) is 10.6 Å². The van der Waals surface area contributed by atoms with E-state index in [0.29, 0.717) is 0 Å². The minimum atomic E-state index is 0.205. The highest BCUT2D eigenvalue weighted by molar-refractivity contribution is 5.30. The molecule has 0 heterocycles. The Morgan fingerprint density at radius 2 is 2.17 bits per heavy atom. The van der Waals surface area contributed by atoms with Crippen LogP contribution < -0.4 is 16.0 Å².